The van der Waals surface area contributed by atoms with Crippen molar-refractivity contribution in [1.82, 2.24) is 14.8 Å². The lowest BCUT2D eigenvalue weighted by atomic mass is 9.94. The third-order valence-electron chi connectivity index (χ3n) is 5.90. The highest BCUT2D eigenvalue weighted by Crippen LogP contribution is 2.37. The van der Waals surface area contributed by atoms with Crippen molar-refractivity contribution in [3.63, 3.8) is 0 Å². The smallest absolute Gasteiger partial charge is 0.255 e. The van der Waals surface area contributed by atoms with Gasteiger partial charge in [-0.25, -0.2) is 4.68 Å². The molecule has 0 saturated heterocycles. The predicted octanol–water partition coefficient (Wildman–Crippen LogP) is 5.18. The van der Waals surface area contributed by atoms with Crippen LogP contribution in [0.2, 0.25) is 0 Å². The quantitative estimate of drug-likeness (QED) is 0.360. The SMILES string of the molecule is CCOc1ccccc1NC(=O)C1=C(C)Nc2ncnn2C1c1cccc(OCc2ccccc2)c1. The van der Waals surface area contributed by atoms with Gasteiger partial charge >= 0.3 is 0 Å². The van der Waals surface area contributed by atoms with Gasteiger partial charge in [-0.2, -0.15) is 10.1 Å². The van der Waals surface area contributed by atoms with Gasteiger partial charge in [-0.15, -0.1) is 0 Å². The Morgan fingerprint density at radius 2 is 1.83 bits per heavy atom. The summed E-state index contributed by atoms with van der Waals surface area (Å²) in [4.78, 5) is 18.0. The minimum Gasteiger partial charge on any atom is -0.492 e. The van der Waals surface area contributed by atoms with E-state index in [9.17, 15) is 4.79 Å². The number of hydrogen-bond donors (Lipinski definition) is 2. The molecule has 8 nitrogen and oxygen atoms in total. The van der Waals surface area contributed by atoms with E-state index in [-0.39, 0.29) is 5.91 Å². The number of para-hydroxylation sites is 2. The monoisotopic (exact) mass is 481 g/mol. The highest BCUT2D eigenvalue weighted by Gasteiger charge is 2.34. The minimum atomic E-state index is -0.497. The number of allylic oxidation sites excluding steroid dienone is 1. The zero-order chi connectivity index (χ0) is 24.9. The standard InChI is InChI=1S/C28H27N5O3/c1-3-35-24-15-8-7-14-23(24)32-27(34)25-19(2)31-28-29-18-30-33(28)26(25)21-12-9-13-22(16-21)36-17-20-10-5-4-6-11-20/h4-16,18,26H,3,17H2,1-2H3,(H,32,34)(H,29,30,31). The fourth-order valence-corrected chi connectivity index (χ4v) is 4.25. The maximum atomic E-state index is 13.7. The van der Waals surface area contributed by atoms with E-state index in [0.29, 0.717) is 47.6 Å². The third-order valence-corrected chi connectivity index (χ3v) is 5.90. The molecular weight excluding hydrogens is 454 g/mol. The Balaban J connectivity index is 1.47. The largest absolute Gasteiger partial charge is 0.492 e. The summed E-state index contributed by atoms with van der Waals surface area (Å²) in [7, 11) is 0. The van der Waals surface area contributed by atoms with Gasteiger partial charge in [0.05, 0.1) is 17.9 Å². The number of amides is 1. The lowest BCUT2D eigenvalue weighted by molar-refractivity contribution is -0.113. The highest BCUT2D eigenvalue weighted by molar-refractivity contribution is 6.06. The van der Waals surface area contributed by atoms with Crippen LogP contribution in [0.25, 0.3) is 0 Å². The van der Waals surface area contributed by atoms with Crippen molar-refractivity contribution in [2.45, 2.75) is 26.5 Å². The Labute approximate surface area is 209 Å². The van der Waals surface area contributed by atoms with Gasteiger partial charge < -0.3 is 20.1 Å². The fraction of sp³-hybridized carbons (Fsp3) is 0.179. The van der Waals surface area contributed by atoms with Crippen LogP contribution in [0, 0.1) is 0 Å². The Morgan fingerprint density at radius 1 is 1.03 bits per heavy atom. The number of hydrogen-bond acceptors (Lipinski definition) is 6. The number of carbonyl (C=O) groups excluding carboxylic acids is 1. The molecule has 1 unspecified atom stereocenters. The summed E-state index contributed by atoms with van der Waals surface area (Å²) in [6.07, 6.45) is 1.48. The maximum absolute atomic E-state index is 13.7. The van der Waals surface area contributed by atoms with Crippen molar-refractivity contribution in [2.75, 3.05) is 17.2 Å². The molecule has 0 fully saturated rings. The van der Waals surface area contributed by atoms with Crippen molar-refractivity contribution in [1.29, 1.82) is 0 Å². The molecule has 0 bridgehead atoms. The van der Waals surface area contributed by atoms with E-state index < -0.39 is 6.04 Å². The molecule has 1 atom stereocenters. The molecule has 0 saturated carbocycles. The molecule has 182 valence electrons. The number of rotatable bonds is 8. The molecule has 0 spiro atoms. The topological polar surface area (TPSA) is 90.3 Å². The van der Waals surface area contributed by atoms with Crippen molar-refractivity contribution < 1.29 is 14.3 Å². The number of fused-ring (bicyclic) bond motifs is 1. The van der Waals surface area contributed by atoms with E-state index in [0.717, 1.165) is 11.1 Å². The van der Waals surface area contributed by atoms with Crippen molar-refractivity contribution in [3.8, 4) is 11.5 Å². The first kappa shape index (κ1) is 23.2. The number of nitrogens with zero attached hydrogens (tertiary/aromatic N) is 3. The molecule has 1 amide bonds. The average Bonchev–Trinajstić information content (AvgIpc) is 3.36. The first-order chi connectivity index (χ1) is 17.6. The number of anilines is 2. The molecule has 1 aliphatic heterocycles. The maximum Gasteiger partial charge on any atom is 0.255 e. The number of nitrogens with one attached hydrogen (secondary N) is 2. The Kier molecular flexibility index (Phi) is 6.66. The molecule has 0 radical (unpaired) electrons. The van der Waals surface area contributed by atoms with E-state index in [1.807, 2.05) is 92.7 Å². The molecule has 5 rings (SSSR count). The highest BCUT2D eigenvalue weighted by atomic mass is 16.5. The minimum absolute atomic E-state index is 0.256. The number of carbonyl (C=O) groups is 1. The van der Waals surface area contributed by atoms with Gasteiger partial charge in [-0.1, -0.05) is 54.6 Å². The van der Waals surface area contributed by atoms with Gasteiger partial charge in [0.1, 0.15) is 30.5 Å². The van der Waals surface area contributed by atoms with E-state index in [2.05, 4.69) is 20.7 Å². The van der Waals surface area contributed by atoms with E-state index in [1.54, 1.807) is 4.68 Å². The number of benzene rings is 3. The Bertz CT molecular complexity index is 1400. The summed E-state index contributed by atoms with van der Waals surface area (Å²) in [5, 5.41) is 10.7. The van der Waals surface area contributed by atoms with Gasteiger partial charge in [0.15, 0.2) is 0 Å². The second-order valence-electron chi connectivity index (χ2n) is 8.32. The normalized spacial score (nSPS) is 14.6. The predicted molar refractivity (Wildman–Crippen MR) is 138 cm³/mol. The van der Waals surface area contributed by atoms with Gasteiger partial charge in [-0.05, 0) is 49.2 Å². The van der Waals surface area contributed by atoms with E-state index in [1.165, 1.54) is 6.33 Å². The summed E-state index contributed by atoms with van der Waals surface area (Å²) >= 11 is 0. The zero-order valence-corrected chi connectivity index (χ0v) is 20.1. The molecule has 0 aliphatic carbocycles. The summed E-state index contributed by atoms with van der Waals surface area (Å²) in [5.74, 6) is 1.63. The first-order valence-electron chi connectivity index (χ1n) is 11.8. The average molecular weight is 482 g/mol. The van der Waals surface area contributed by atoms with Gasteiger partial charge in [0.25, 0.3) is 5.91 Å². The third kappa shape index (κ3) is 4.79. The van der Waals surface area contributed by atoms with Crippen LogP contribution in [0.1, 0.15) is 31.0 Å². The summed E-state index contributed by atoms with van der Waals surface area (Å²) in [6, 6.07) is 24.6. The molecule has 4 aromatic rings. The van der Waals surface area contributed by atoms with Crippen LogP contribution in [0.3, 0.4) is 0 Å². The van der Waals surface area contributed by atoms with Crippen LogP contribution in [-0.4, -0.2) is 27.3 Å². The Morgan fingerprint density at radius 3 is 2.67 bits per heavy atom. The van der Waals surface area contributed by atoms with Crippen molar-refractivity contribution in [3.05, 3.63) is 108 Å². The summed E-state index contributed by atoms with van der Waals surface area (Å²) in [5.41, 5.74) is 3.76. The fourth-order valence-electron chi connectivity index (χ4n) is 4.25. The van der Waals surface area contributed by atoms with Crippen LogP contribution in [-0.2, 0) is 11.4 Å². The van der Waals surface area contributed by atoms with E-state index >= 15 is 0 Å². The van der Waals surface area contributed by atoms with Crippen LogP contribution in [0.15, 0.2) is 96.5 Å². The van der Waals surface area contributed by atoms with Crippen LogP contribution < -0.4 is 20.1 Å². The van der Waals surface area contributed by atoms with Crippen LogP contribution >= 0.6 is 0 Å². The van der Waals surface area contributed by atoms with Crippen molar-refractivity contribution >= 4 is 17.5 Å². The second kappa shape index (κ2) is 10.4. The van der Waals surface area contributed by atoms with Crippen LogP contribution in [0.4, 0.5) is 11.6 Å². The molecule has 8 heteroatoms. The lowest BCUT2D eigenvalue weighted by Gasteiger charge is -2.29. The molecule has 36 heavy (non-hydrogen) atoms. The van der Waals surface area contributed by atoms with Crippen LogP contribution in [0.5, 0.6) is 11.5 Å². The molecule has 1 aromatic heterocycles. The summed E-state index contributed by atoms with van der Waals surface area (Å²) < 4.78 is 13.5. The lowest BCUT2D eigenvalue weighted by Crippen LogP contribution is -2.31. The van der Waals surface area contributed by atoms with Gasteiger partial charge in [0, 0.05) is 5.70 Å². The number of aromatic nitrogens is 3. The Hall–Kier alpha value is -4.59. The van der Waals surface area contributed by atoms with E-state index in [4.69, 9.17) is 9.47 Å². The summed E-state index contributed by atoms with van der Waals surface area (Å²) in [6.45, 7) is 4.72. The second-order valence-corrected chi connectivity index (χ2v) is 8.32. The molecule has 2 heterocycles. The molecule has 3 aromatic carbocycles. The van der Waals surface area contributed by atoms with Gasteiger partial charge in [-0.3, -0.25) is 4.79 Å². The van der Waals surface area contributed by atoms with Gasteiger partial charge in [0.2, 0.25) is 5.95 Å². The first-order valence-corrected chi connectivity index (χ1v) is 11.8. The zero-order valence-electron chi connectivity index (χ0n) is 20.1. The molecule has 2 N–H and O–H groups in total. The number of ether oxygens (including phenoxy) is 2. The molecule has 1 aliphatic rings. The van der Waals surface area contributed by atoms with Crippen molar-refractivity contribution in [2.24, 2.45) is 0 Å². The molecular formula is C28H27N5O3.